The van der Waals surface area contributed by atoms with Gasteiger partial charge in [-0.15, -0.1) is 0 Å². The van der Waals surface area contributed by atoms with Crippen LogP contribution in [0.5, 0.6) is 0 Å². The first kappa shape index (κ1) is 17.1. The third-order valence-corrected chi connectivity index (χ3v) is 6.33. The van der Waals surface area contributed by atoms with Crippen molar-refractivity contribution in [2.45, 2.75) is 51.6 Å². The number of aryl methyl sites for hydroxylation is 1. The second-order valence-electron chi connectivity index (χ2n) is 8.04. The Morgan fingerprint density at radius 1 is 1.36 bits per heavy atom. The molecule has 25 heavy (non-hydrogen) atoms. The van der Waals surface area contributed by atoms with Gasteiger partial charge in [-0.3, -0.25) is 4.79 Å². The number of nitrogens with zero attached hydrogens (tertiary/aromatic N) is 1. The molecule has 138 valence electrons. The molecule has 2 aliphatic heterocycles. The van der Waals surface area contributed by atoms with Crippen LogP contribution < -0.4 is 0 Å². The Hall–Kier alpha value is -1.33. The van der Waals surface area contributed by atoms with Crippen LogP contribution in [0.1, 0.15) is 54.6 Å². The summed E-state index contributed by atoms with van der Waals surface area (Å²) in [6, 6.07) is 1.78. The van der Waals surface area contributed by atoms with E-state index in [-0.39, 0.29) is 17.4 Å². The predicted octanol–water partition coefficient (Wildman–Crippen LogP) is 3.42. The van der Waals surface area contributed by atoms with E-state index in [0.29, 0.717) is 17.9 Å². The van der Waals surface area contributed by atoms with Crippen molar-refractivity contribution in [2.75, 3.05) is 32.9 Å². The molecule has 0 N–H and O–H groups in total. The van der Waals surface area contributed by atoms with Gasteiger partial charge >= 0.3 is 0 Å². The van der Waals surface area contributed by atoms with Gasteiger partial charge in [0.2, 0.25) is 0 Å². The predicted molar refractivity (Wildman–Crippen MR) is 93.5 cm³/mol. The molecule has 1 aromatic heterocycles. The molecule has 1 amide bonds. The van der Waals surface area contributed by atoms with Crippen LogP contribution in [0.15, 0.2) is 16.7 Å². The van der Waals surface area contributed by atoms with Crippen molar-refractivity contribution in [1.29, 1.82) is 0 Å². The van der Waals surface area contributed by atoms with E-state index in [4.69, 9.17) is 13.9 Å². The minimum Gasteiger partial charge on any atom is -0.469 e. The fourth-order valence-electron chi connectivity index (χ4n) is 4.54. The number of hydrogen-bond acceptors (Lipinski definition) is 4. The smallest absolute Gasteiger partial charge is 0.257 e. The molecular formula is C20H29NO4. The van der Waals surface area contributed by atoms with Crippen molar-refractivity contribution < 1.29 is 18.7 Å². The minimum atomic E-state index is -0.0481. The number of hydrogen-bond donors (Lipinski definition) is 0. The first-order valence-electron chi connectivity index (χ1n) is 9.71. The summed E-state index contributed by atoms with van der Waals surface area (Å²) in [5.41, 5.74) is 0.633. The van der Waals surface area contributed by atoms with Crippen LogP contribution in [0.2, 0.25) is 0 Å². The molecule has 2 saturated heterocycles. The van der Waals surface area contributed by atoms with Gasteiger partial charge in [-0.2, -0.15) is 0 Å². The van der Waals surface area contributed by atoms with Crippen LogP contribution in [0.3, 0.4) is 0 Å². The zero-order valence-corrected chi connectivity index (χ0v) is 15.2. The van der Waals surface area contributed by atoms with Gasteiger partial charge in [-0.1, -0.05) is 6.42 Å². The van der Waals surface area contributed by atoms with Crippen LogP contribution in [0, 0.1) is 18.3 Å². The van der Waals surface area contributed by atoms with Gasteiger partial charge in [-0.05, 0) is 51.0 Å². The van der Waals surface area contributed by atoms with E-state index in [1.54, 1.807) is 12.3 Å². The number of ether oxygens (including phenoxy) is 2. The highest BCUT2D eigenvalue weighted by molar-refractivity contribution is 5.95. The molecule has 3 heterocycles. The number of furan rings is 1. The van der Waals surface area contributed by atoms with E-state index >= 15 is 0 Å². The molecule has 1 saturated carbocycles. The Morgan fingerprint density at radius 3 is 2.96 bits per heavy atom. The topological polar surface area (TPSA) is 51.9 Å². The first-order chi connectivity index (χ1) is 12.2. The third kappa shape index (κ3) is 3.36. The number of carbonyl (C=O) groups is 1. The molecule has 2 atom stereocenters. The van der Waals surface area contributed by atoms with E-state index in [0.717, 1.165) is 51.5 Å². The highest BCUT2D eigenvalue weighted by Crippen LogP contribution is 2.41. The monoisotopic (exact) mass is 347 g/mol. The summed E-state index contributed by atoms with van der Waals surface area (Å²) in [4.78, 5) is 14.9. The molecule has 1 aromatic rings. The first-order valence-corrected chi connectivity index (χ1v) is 9.71. The van der Waals surface area contributed by atoms with Crippen molar-refractivity contribution in [2.24, 2.45) is 11.3 Å². The largest absolute Gasteiger partial charge is 0.469 e. The lowest BCUT2D eigenvalue weighted by Gasteiger charge is -2.50. The van der Waals surface area contributed by atoms with Crippen LogP contribution in [-0.2, 0) is 9.47 Å². The van der Waals surface area contributed by atoms with E-state index in [9.17, 15) is 4.79 Å². The Morgan fingerprint density at radius 2 is 2.24 bits per heavy atom. The molecule has 0 radical (unpaired) electrons. The van der Waals surface area contributed by atoms with Crippen LogP contribution in [0.4, 0.5) is 0 Å². The Labute approximate surface area is 149 Å². The number of piperidine rings is 1. The standard InChI is InChI=1S/C20H29NO4/c1-15-17(7-11-24-15)19(22)21-9-6-18-20(13-21,8-3-10-25-18)14-23-12-16-4-2-5-16/h7,11,16,18H,2-6,8-10,12-14H2,1H3/t18-,20+/m1/s1. The molecule has 3 fully saturated rings. The summed E-state index contributed by atoms with van der Waals surface area (Å²) in [6.45, 7) is 5.74. The summed E-state index contributed by atoms with van der Waals surface area (Å²) in [6.07, 6.45) is 8.79. The summed E-state index contributed by atoms with van der Waals surface area (Å²) in [5.74, 6) is 1.52. The number of rotatable bonds is 5. The van der Waals surface area contributed by atoms with Crippen LogP contribution in [-0.4, -0.2) is 49.8 Å². The molecule has 0 aromatic carbocycles. The van der Waals surface area contributed by atoms with Crippen molar-refractivity contribution in [3.8, 4) is 0 Å². The van der Waals surface area contributed by atoms with E-state index in [2.05, 4.69) is 0 Å². The zero-order chi connectivity index (χ0) is 17.3. The molecule has 5 heteroatoms. The van der Waals surface area contributed by atoms with Gasteiger partial charge in [0.15, 0.2) is 0 Å². The van der Waals surface area contributed by atoms with E-state index in [1.165, 1.54) is 19.3 Å². The summed E-state index contributed by atoms with van der Waals surface area (Å²) in [5, 5.41) is 0. The summed E-state index contributed by atoms with van der Waals surface area (Å²) < 4.78 is 17.6. The lowest BCUT2D eigenvalue weighted by molar-refractivity contribution is -0.150. The lowest BCUT2D eigenvalue weighted by Crippen LogP contribution is -2.58. The Bertz CT molecular complexity index is 609. The number of fused-ring (bicyclic) bond motifs is 1. The highest BCUT2D eigenvalue weighted by atomic mass is 16.5. The molecule has 0 bridgehead atoms. The maximum atomic E-state index is 12.9. The maximum absolute atomic E-state index is 12.9. The average Bonchev–Trinajstić information content (AvgIpc) is 3.02. The maximum Gasteiger partial charge on any atom is 0.257 e. The normalized spacial score (nSPS) is 30.0. The SMILES string of the molecule is Cc1occc1C(=O)N1CC[C@H]2OCCC[C@@]2(COCC2CCC2)C1. The van der Waals surface area contributed by atoms with Crippen LogP contribution in [0.25, 0.3) is 0 Å². The third-order valence-electron chi connectivity index (χ3n) is 6.33. The minimum absolute atomic E-state index is 0.0481. The van der Waals surface area contributed by atoms with Gasteiger partial charge in [0.25, 0.3) is 5.91 Å². The lowest BCUT2D eigenvalue weighted by atomic mass is 9.72. The fourth-order valence-corrected chi connectivity index (χ4v) is 4.54. The van der Waals surface area contributed by atoms with Gasteiger partial charge in [-0.25, -0.2) is 0 Å². The molecule has 0 unspecified atom stereocenters. The molecule has 1 aliphatic carbocycles. The van der Waals surface area contributed by atoms with Gasteiger partial charge in [0.1, 0.15) is 5.76 Å². The second-order valence-corrected chi connectivity index (χ2v) is 8.04. The van der Waals surface area contributed by atoms with Crippen LogP contribution >= 0.6 is 0 Å². The van der Waals surface area contributed by atoms with E-state index < -0.39 is 0 Å². The molecule has 0 spiro atoms. The van der Waals surface area contributed by atoms with E-state index in [1.807, 2.05) is 11.8 Å². The number of likely N-dealkylation sites (tertiary alicyclic amines) is 1. The van der Waals surface area contributed by atoms with Crippen molar-refractivity contribution >= 4 is 5.91 Å². The highest BCUT2D eigenvalue weighted by Gasteiger charge is 2.47. The van der Waals surface area contributed by atoms with Gasteiger partial charge < -0.3 is 18.8 Å². The summed E-state index contributed by atoms with van der Waals surface area (Å²) >= 11 is 0. The molecule has 3 aliphatic rings. The molecular weight excluding hydrogens is 318 g/mol. The second kappa shape index (κ2) is 7.12. The van der Waals surface area contributed by atoms with Gasteiger partial charge in [0, 0.05) is 31.7 Å². The van der Waals surface area contributed by atoms with Crippen molar-refractivity contribution in [3.63, 3.8) is 0 Å². The Kier molecular flexibility index (Phi) is 4.87. The quantitative estimate of drug-likeness (QED) is 0.819. The fraction of sp³-hybridized carbons (Fsp3) is 0.750. The summed E-state index contributed by atoms with van der Waals surface area (Å²) in [7, 11) is 0. The number of carbonyl (C=O) groups excluding carboxylic acids is 1. The number of amides is 1. The van der Waals surface area contributed by atoms with Crippen molar-refractivity contribution in [3.05, 3.63) is 23.7 Å². The zero-order valence-electron chi connectivity index (χ0n) is 15.2. The Balaban J connectivity index is 1.45. The van der Waals surface area contributed by atoms with Gasteiger partial charge in [0.05, 0.1) is 24.5 Å². The molecule has 4 rings (SSSR count). The van der Waals surface area contributed by atoms with Crippen molar-refractivity contribution in [1.82, 2.24) is 4.90 Å². The average molecular weight is 347 g/mol. The molecule has 5 nitrogen and oxygen atoms in total.